The van der Waals surface area contributed by atoms with E-state index in [0.717, 1.165) is 18.7 Å². The van der Waals surface area contributed by atoms with Gasteiger partial charge in [0.05, 0.1) is 0 Å². The van der Waals surface area contributed by atoms with E-state index < -0.39 is 0 Å². The fourth-order valence-corrected chi connectivity index (χ4v) is 1.60. The molecule has 1 amide bonds. The fraction of sp³-hybridized carbons (Fsp3) is 0.750. The normalized spacial score (nSPS) is 13.4. The number of nitrogens with zero attached hydrogens (tertiary/aromatic N) is 2. The predicted octanol–water partition coefficient (Wildman–Crippen LogP) is 0.860. The molecule has 0 aliphatic rings. The first-order chi connectivity index (χ1) is 8.38. The van der Waals surface area contributed by atoms with Crippen LogP contribution in [0.4, 0.5) is 0 Å². The maximum Gasteiger partial charge on any atom is 0.291 e. The molecule has 1 heterocycles. The maximum absolute atomic E-state index is 12.0. The highest BCUT2D eigenvalue weighted by molar-refractivity contribution is 5.90. The standard InChI is InChI=1S/C12H23N5O/c1-5-6-9-15-10(17-16-9)11(18)14-8(7-13)12(2,3)4/h8H,5-7,13H2,1-4H3,(H,14,18)(H,15,16,17). The van der Waals surface area contributed by atoms with Gasteiger partial charge in [-0.25, -0.2) is 4.98 Å². The number of amides is 1. The first-order valence-electron chi connectivity index (χ1n) is 6.30. The zero-order chi connectivity index (χ0) is 13.8. The Labute approximate surface area is 108 Å². The molecule has 1 aromatic heterocycles. The summed E-state index contributed by atoms with van der Waals surface area (Å²) in [5.74, 6) is 0.642. The van der Waals surface area contributed by atoms with E-state index >= 15 is 0 Å². The molecule has 0 aliphatic heterocycles. The van der Waals surface area contributed by atoms with Crippen LogP contribution in [0.3, 0.4) is 0 Å². The Morgan fingerprint density at radius 1 is 1.50 bits per heavy atom. The summed E-state index contributed by atoms with van der Waals surface area (Å²) in [5, 5.41) is 9.55. The number of aryl methyl sites for hydroxylation is 1. The topological polar surface area (TPSA) is 96.7 Å². The minimum Gasteiger partial charge on any atom is -0.345 e. The summed E-state index contributed by atoms with van der Waals surface area (Å²) in [6, 6.07) is -0.0990. The zero-order valence-electron chi connectivity index (χ0n) is 11.6. The van der Waals surface area contributed by atoms with E-state index in [4.69, 9.17) is 5.73 Å². The lowest BCUT2D eigenvalue weighted by molar-refractivity contribution is 0.0895. The number of carbonyl (C=O) groups is 1. The molecule has 0 radical (unpaired) electrons. The number of hydrogen-bond acceptors (Lipinski definition) is 4. The number of hydrogen-bond donors (Lipinski definition) is 3. The summed E-state index contributed by atoms with van der Waals surface area (Å²) in [7, 11) is 0. The minimum absolute atomic E-state index is 0.0903. The van der Waals surface area contributed by atoms with Crippen molar-refractivity contribution in [2.45, 2.75) is 46.6 Å². The summed E-state index contributed by atoms with van der Waals surface area (Å²) < 4.78 is 0. The third-order valence-corrected chi connectivity index (χ3v) is 2.81. The lowest BCUT2D eigenvalue weighted by Gasteiger charge is -2.29. The number of nitrogens with two attached hydrogens (primary N) is 1. The second-order valence-corrected chi connectivity index (χ2v) is 5.48. The number of aromatic nitrogens is 3. The van der Waals surface area contributed by atoms with Crippen molar-refractivity contribution in [2.24, 2.45) is 11.1 Å². The SMILES string of the molecule is CCCc1nc(C(=O)NC(CN)C(C)(C)C)n[nH]1. The van der Waals surface area contributed by atoms with Gasteiger partial charge in [-0.2, -0.15) is 0 Å². The van der Waals surface area contributed by atoms with Gasteiger partial charge in [0.25, 0.3) is 5.91 Å². The van der Waals surface area contributed by atoms with Crippen LogP contribution in [0.15, 0.2) is 0 Å². The molecule has 1 aromatic rings. The number of carbonyl (C=O) groups excluding carboxylic acids is 1. The van der Waals surface area contributed by atoms with Gasteiger partial charge in [0.2, 0.25) is 5.82 Å². The Kier molecular flexibility index (Phi) is 4.84. The molecule has 0 fully saturated rings. The molecule has 102 valence electrons. The Hall–Kier alpha value is -1.43. The van der Waals surface area contributed by atoms with Crippen molar-refractivity contribution in [1.29, 1.82) is 0 Å². The Morgan fingerprint density at radius 3 is 2.67 bits per heavy atom. The molecule has 1 atom stereocenters. The number of aromatic amines is 1. The maximum atomic E-state index is 12.0. The van der Waals surface area contributed by atoms with E-state index in [9.17, 15) is 4.79 Å². The van der Waals surface area contributed by atoms with Gasteiger partial charge >= 0.3 is 0 Å². The third-order valence-electron chi connectivity index (χ3n) is 2.81. The summed E-state index contributed by atoms with van der Waals surface area (Å²) in [6.45, 7) is 8.54. The average Bonchev–Trinajstić information content (AvgIpc) is 2.73. The van der Waals surface area contributed by atoms with Crippen LogP contribution >= 0.6 is 0 Å². The lowest BCUT2D eigenvalue weighted by Crippen LogP contribution is -2.48. The van der Waals surface area contributed by atoms with Gasteiger partial charge in [0.15, 0.2) is 0 Å². The largest absolute Gasteiger partial charge is 0.345 e. The van der Waals surface area contributed by atoms with Crippen LogP contribution in [0, 0.1) is 5.41 Å². The number of nitrogens with one attached hydrogen (secondary N) is 2. The van der Waals surface area contributed by atoms with Gasteiger partial charge in [-0.1, -0.05) is 27.7 Å². The molecule has 0 bridgehead atoms. The van der Waals surface area contributed by atoms with Gasteiger partial charge < -0.3 is 11.1 Å². The third kappa shape index (κ3) is 3.80. The van der Waals surface area contributed by atoms with Gasteiger partial charge in [-0.05, 0) is 11.8 Å². The smallest absolute Gasteiger partial charge is 0.291 e. The van der Waals surface area contributed by atoms with E-state index in [1.54, 1.807) is 0 Å². The highest BCUT2D eigenvalue weighted by Gasteiger charge is 2.26. The first-order valence-corrected chi connectivity index (χ1v) is 6.30. The summed E-state index contributed by atoms with van der Waals surface area (Å²) in [5.41, 5.74) is 5.58. The molecule has 0 saturated heterocycles. The second-order valence-electron chi connectivity index (χ2n) is 5.48. The molecule has 18 heavy (non-hydrogen) atoms. The molecule has 4 N–H and O–H groups in total. The molecule has 6 heteroatoms. The molecular weight excluding hydrogens is 230 g/mol. The van der Waals surface area contributed by atoms with Crippen molar-refractivity contribution in [3.63, 3.8) is 0 Å². The Bertz CT molecular complexity index is 393. The monoisotopic (exact) mass is 253 g/mol. The van der Waals surface area contributed by atoms with Gasteiger partial charge in [-0.3, -0.25) is 9.89 Å². The van der Waals surface area contributed by atoms with Crippen molar-refractivity contribution in [3.8, 4) is 0 Å². The van der Waals surface area contributed by atoms with Gasteiger partial charge in [-0.15, -0.1) is 5.10 Å². The molecular formula is C12H23N5O. The predicted molar refractivity (Wildman–Crippen MR) is 70.1 cm³/mol. The molecule has 1 unspecified atom stereocenters. The van der Waals surface area contributed by atoms with E-state index in [2.05, 4.69) is 20.5 Å². The van der Waals surface area contributed by atoms with Crippen LogP contribution in [0.25, 0.3) is 0 Å². The number of rotatable bonds is 5. The van der Waals surface area contributed by atoms with Crippen LogP contribution in [-0.2, 0) is 6.42 Å². The van der Waals surface area contributed by atoms with Crippen molar-refractivity contribution in [2.75, 3.05) is 6.54 Å². The number of H-pyrrole nitrogens is 1. The molecule has 1 rings (SSSR count). The Balaban J connectivity index is 2.69. The van der Waals surface area contributed by atoms with E-state index in [1.165, 1.54) is 0 Å². The molecule has 0 saturated carbocycles. The van der Waals surface area contributed by atoms with Crippen LogP contribution < -0.4 is 11.1 Å². The van der Waals surface area contributed by atoms with Crippen molar-refractivity contribution in [3.05, 3.63) is 11.6 Å². The molecule has 0 spiro atoms. The highest BCUT2D eigenvalue weighted by Crippen LogP contribution is 2.18. The lowest BCUT2D eigenvalue weighted by atomic mass is 9.87. The highest BCUT2D eigenvalue weighted by atomic mass is 16.2. The van der Waals surface area contributed by atoms with E-state index in [1.807, 2.05) is 27.7 Å². The summed E-state index contributed by atoms with van der Waals surface area (Å²) in [4.78, 5) is 16.1. The van der Waals surface area contributed by atoms with Crippen LogP contribution in [-0.4, -0.2) is 33.7 Å². The van der Waals surface area contributed by atoms with E-state index in [0.29, 0.717) is 6.54 Å². The van der Waals surface area contributed by atoms with Crippen LogP contribution in [0.2, 0.25) is 0 Å². The zero-order valence-corrected chi connectivity index (χ0v) is 11.6. The van der Waals surface area contributed by atoms with Crippen LogP contribution in [0.1, 0.15) is 50.6 Å². The quantitative estimate of drug-likeness (QED) is 0.725. The van der Waals surface area contributed by atoms with E-state index in [-0.39, 0.29) is 23.2 Å². The van der Waals surface area contributed by atoms with Gasteiger partial charge in [0, 0.05) is 19.0 Å². The van der Waals surface area contributed by atoms with Crippen molar-refractivity contribution < 1.29 is 4.79 Å². The average molecular weight is 253 g/mol. The van der Waals surface area contributed by atoms with Crippen molar-refractivity contribution in [1.82, 2.24) is 20.5 Å². The Morgan fingerprint density at radius 2 is 2.17 bits per heavy atom. The van der Waals surface area contributed by atoms with Crippen LogP contribution in [0.5, 0.6) is 0 Å². The second kappa shape index (κ2) is 5.95. The molecule has 6 nitrogen and oxygen atoms in total. The molecule has 0 aromatic carbocycles. The van der Waals surface area contributed by atoms with Crippen molar-refractivity contribution >= 4 is 5.91 Å². The minimum atomic E-state index is -0.279. The summed E-state index contributed by atoms with van der Waals surface area (Å²) in [6.07, 6.45) is 1.75. The molecule has 0 aliphatic carbocycles. The fourth-order valence-electron chi connectivity index (χ4n) is 1.60. The van der Waals surface area contributed by atoms with Gasteiger partial charge in [0.1, 0.15) is 5.82 Å². The first kappa shape index (κ1) is 14.6. The summed E-state index contributed by atoms with van der Waals surface area (Å²) >= 11 is 0.